The Bertz CT molecular complexity index is 1060. The molecule has 0 aliphatic heterocycles. The summed E-state index contributed by atoms with van der Waals surface area (Å²) in [4.78, 5) is 11.4. The fraction of sp³-hybridized carbons (Fsp3) is 0. The largest absolute Gasteiger partial charge is 0.420 e. The second-order valence-electron chi connectivity index (χ2n) is 4.62. The molecular formula is C13H2F5I3O5S. The van der Waals surface area contributed by atoms with E-state index >= 15 is 0 Å². The third-order valence-electron chi connectivity index (χ3n) is 2.95. The molecular weight excluding hydrogens is 744 g/mol. The molecule has 0 aliphatic carbocycles. The Balaban J connectivity index is 2.65. The van der Waals surface area contributed by atoms with Crippen LogP contribution in [0.15, 0.2) is 11.0 Å². The van der Waals surface area contributed by atoms with Crippen molar-refractivity contribution < 1.29 is 44.5 Å². The minimum absolute atomic E-state index is 0.0416. The molecule has 0 aromatic heterocycles. The van der Waals surface area contributed by atoms with Gasteiger partial charge in [-0.3, -0.25) is 4.55 Å². The van der Waals surface area contributed by atoms with E-state index in [9.17, 15) is 39.7 Å². The summed E-state index contributed by atoms with van der Waals surface area (Å²) in [5.41, 5.74) is -1.84. The first-order valence-corrected chi connectivity index (χ1v) is 10.8. The minimum Gasteiger partial charge on any atom is -0.420 e. The van der Waals surface area contributed by atoms with Crippen molar-refractivity contribution in [1.29, 1.82) is 0 Å². The van der Waals surface area contributed by atoms with E-state index in [1.54, 1.807) is 45.2 Å². The predicted molar refractivity (Wildman–Crippen MR) is 106 cm³/mol. The van der Waals surface area contributed by atoms with Gasteiger partial charge in [-0.05, 0) is 73.8 Å². The zero-order valence-corrected chi connectivity index (χ0v) is 19.4. The summed E-state index contributed by atoms with van der Waals surface area (Å²) in [5.74, 6) is -14.4. The third kappa shape index (κ3) is 4.32. The number of halogens is 8. The lowest BCUT2D eigenvalue weighted by atomic mass is 10.1. The monoisotopic (exact) mass is 746 g/mol. The number of rotatable bonds is 3. The molecule has 27 heavy (non-hydrogen) atoms. The van der Waals surface area contributed by atoms with Crippen LogP contribution in [0.5, 0.6) is 5.75 Å². The van der Waals surface area contributed by atoms with E-state index < -0.39 is 61.4 Å². The molecule has 0 unspecified atom stereocenters. The molecule has 146 valence electrons. The first-order chi connectivity index (χ1) is 12.3. The van der Waals surface area contributed by atoms with Crippen molar-refractivity contribution in [3.63, 3.8) is 0 Å². The van der Waals surface area contributed by atoms with Crippen molar-refractivity contribution in [2.24, 2.45) is 0 Å². The second kappa shape index (κ2) is 8.19. The summed E-state index contributed by atoms with van der Waals surface area (Å²) in [6.45, 7) is 0. The van der Waals surface area contributed by atoms with Crippen LogP contribution in [0, 0.1) is 39.8 Å². The number of benzene rings is 2. The average molecular weight is 746 g/mol. The van der Waals surface area contributed by atoms with Gasteiger partial charge in [0.15, 0.2) is 29.0 Å². The van der Waals surface area contributed by atoms with Crippen LogP contribution < -0.4 is 4.74 Å². The van der Waals surface area contributed by atoms with Gasteiger partial charge in [0.05, 0.1) is 7.14 Å². The Morgan fingerprint density at radius 2 is 1.33 bits per heavy atom. The van der Waals surface area contributed by atoms with Crippen molar-refractivity contribution >= 4 is 83.9 Å². The molecule has 0 heterocycles. The highest BCUT2D eigenvalue weighted by atomic mass is 127. The summed E-state index contributed by atoms with van der Waals surface area (Å²) in [5, 5.41) is 0. The van der Waals surface area contributed by atoms with Gasteiger partial charge in [-0.15, -0.1) is 0 Å². The van der Waals surface area contributed by atoms with Crippen LogP contribution in [0.25, 0.3) is 0 Å². The van der Waals surface area contributed by atoms with E-state index in [0.717, 1.165) is 6.07 Å². The molecule has 0 saturated carbocycles. The molecule has 14 heteroatoms. The van der Waals surface area contributed by atoms with E-state index in [1.807, 2.05) is 0 Å². The lowest BCUT2D eigenvalue weighted by Crippen LogP contribution is -2.19. The highest BCUT2D eigenvalue weighted by Crippen LogP contribution is 2.37. The van der Waals surface area contributed by atoms with Crippen LogP contribution in [-0.2, 0) is 10.1 Å². The van der Waals surface area contributed by atoms with Crippen LogP contribution in [0.1, 0.15) is 10.4 Å². The lowest BCUT2D eigenvalue weighted by molar-refractivity contribution is 0.0717. The van der Waals surface area contributed by atoms with Crippen LogP contribution in [0.3, 0.4) is 0 Å². The summed E-state index contributed by atoms with van der Waals surface area (Å²) in [6, 6.07) is 1.16. The third-order valence-corrected chi connectivity index (χ3v) is 7.31. The first-order valence-electron chi connectivity index (χ1n) is 6.17. The van der Waals surface area contributed by atoms with Gasteiger partial charge in [0.25, 0.3) is 10.1 Å². The molecule has 5 nitrogen and oxygen atoms in total. The maximum atomic E-state index is 13.7. The van der Waals surface area contributed by atoms with Crippen LogP contribution in [0.2, 0.25) is 0 Å². The zero-order chi connectivity index (χ0) is 20.8. The van der Waals surface area contributed by atoms with Gasteiger partial charge in [0.1, 0.15) is 10.5 Å². The maximum absolute atomic E-state index is 13.7. The summed E-state index contributed by atoms with van der Waals surface area (Å²) >= 11 is 4.54. The van der Waals surface area contributed by atoms with Crippen molar-refractivity contribution in [3.05, 3.63) is 51.4 Å². The van der Waals surface area contributed by atoms with Gasteiger partial charge in [0, 0.05) is 3.57 Å². The smallest absolute Gasteiger partial charge is 0.349 e. The molecule has 1 N–H and O–H groups in total. The molecule has 0 bridgehead atoms. The molecule has 0 atom stereocenters. The summed E-state index contributed by atoms with van der Waals surface area (Å²) < 4.78 is 104. The molecule has 2 aromatic rings. The average Bonchev–Trinajstić information content (AvgIpc) is 2.53. The van der Waals surface area contributed by atoms with Gasteiger partial charge < -0.3 is 4.74 Å². The fourth-order valence-corrected chi connectivity index (χ4v) is 7.70. The Labute approximate surface area is 188 Å². The molecule has 0 amide bonds. The minimum atomic E-state index is -4.77. The van der Waals surface area contributed by atoms with E-state index in [1.165, 1.54) is 22.6 Å². The number of ether oxygens (including phenoxy) is 1. The van der Waals surface area contributed by atoms with Crippen molar-refractivity contribution in [3.8, 4) is 5.75 Å². The molecule has 0 aliphatic rings. The van der Waals surface area contributed by atoms with Gasteiger partial charge in [-0.25, -0.2) is 26.7 Å². The molecule has 0 radical (unpaired) electrons. The van der Waals surface area contributed by atoms with E-state index in [4.69, 9.17) is 4.74 Å². The van der Waals surface area contributed by atoms with E-state index in [-0.39, 0.29) is 10.7 Å². The normalized spacial score (nSPS) is 11.6. The lowest BCUT2D eigenvalue weighted by Gasteiger charge is -2.14. The molecule has 0 fully saturated rings. The van der Waals surface area contributed by atoms with Gasteiger partial charge in [-0.2, -0.15) is 8.42 Å². The van der Waals surface area contributed by atoms with Crippen molar-refractivity contribution in [2.45, 2.75) is 4.90 Å². The predicted octanol–water partition coefficient (Wildman–Crippen LogP) is 4.66. The van der Waals surface area contributed by atoms with E-state index in [2.05, 4.69) is 0 Å². The van der Waals surface area contributed by atoms with Crippen LogP contribution >= 0.6 is 67.8 Å². The summed E-state index contributed by atoms with van der Waals surface area (Å²) in [7, 11) is -4.77. The van der Waals surface area contributed by atoms with Gasteiger partial charge in [0.2, 0.25) is 5.82 Å². The Kier molecular flexibility index (Phi) is 6.96. The Hall–Kier alpha value is -0.340. The number of hydrogen-bond donors (Lipinski definition) is 1. The first kappa shape index (κ1) is 22.9. The number of carbonyl (C=O) groups excluding carboxylic acids is 1. The Morgan fingerprint density at radius 1 is 0.889 bits per heavy atom. The quantitative estimate of drug-likeness (QED) is 0.0942. The fourth-order valence-electron chi connectivity index (χ4n) is 1.81. The van der Waals surface area contributed by atoms with Crippen molar-refractivity contribution in [1.82, 2.24) is 0 Å². The number of hydrogen-bond acceptors (Lipinski definition) is 4. The van der Waals surface area contributed by atoms with Gasteiger partial charge in [-0.1, -0.05) is 0 Å². The summed E-state index contributed by atoms with van der Waals surface area (Å²) in [6.07, 6.45) is 0. The number of esters is 1. The second-order valence-corrected chi connectivity index (χ2v) is 9.38. The van der Waals surface area contributed by atoms with E-state index in [0.29, 0.717) is 0 Å². The molecule has 2 rings (SSSR count). The standard InChI is InChI=1S/C13H2F5I3O5S/c14-5-4(6(15)8(17)9(18)7(5)16)13(22)26-11-2(19)1-3(20)12(10(11)21)27(23,24)25/h1H,(H,23,24,25). The zero-order valence-electron chi connectivity index (χ0n) is 12.1. The van der Waals surface area contributed by atoms with Crippen LogP contribution in [0.4, 0.5) is 22.0 Å². The SMILES string of the molecule is O=C(Oc1c(I)cc(I)c(S(=O)(=O)O)c1I)c1c(F)c(F)c(F)c(F)c1F. The molecule has 2 aromatic carbocycles. The highest BCUT2D eigenvalue weighted by Gasteiger charge is 2.32. The number of carbonyl (C=O) groups is 1. The topological polar surface area (TPSA) is 80.7 Å². The Morgan fingerprint density at radius 3 is 1.78 bits per heavy atom. The van der Waals surface area contributed by atoms with Crippen molar-refractivity contribution in [2.75, 3.05) is 0 Å². The maximum Gasteiger partial charge on any atom is 0.349 e. The van der Waals surface area contributed by atoms with Crippen LogP contribution in [-0.4, -0.2) is 18.9 Å². The molecule has 0 spiro atoms. The van der Waals surface area contributed by atoms with Gasteiger partial charge >= 0.3 is 5.97 Å². The molecule has 0 saturated heterocycles. The highest BCUT2D eigenvalue weighted by molar-refractivity contribution is 14.1.